The van der Waals surface area contributed by atoms with E-state index in [1.165, 1.54) is 22.6 Å². The second kappa shape index (κ2) is 4.59. The molecule has 0 aromatic heterocycles. The first kappa shape index (κ1) is 14.5. The fourth-order valence-electron chi connectivity index (χ4n) is 1.04. The molecule has 1 aromatic carbocycles. The normalized spacial score (nSPS) is 12.6. The molecule has 0 heterocycles. The van der Waals surface area contributed by atoms with Crippen molar-refractivity contribution in [2.75, 3.05) is 11.0 Å². The molecule has 17 heavy (non-hydrogen) atoms. The fourth-order valence-corrected chi connectivity index (χ4v) is 2.36. The van der Waals surface area contributed by atoms with Gasteiger partial charge in [0.05, 0.1) is 17.5 Å². The van der Waals surface area contributed by atoms with Gasteiger partial charge in [0.25, 0.3) is 0 Å². The van der Waals surface area contributed by atoms with Crippen LogP contribution in [0.5, 0.6) is 0 Å². The fraction of sp³-hybridized carbons (Fsp3) is 0.250. The zero-order valence-electron chi connectivity index (χ0n) is 8.27. The molecule has 0 saturated carbocycles. The molecule has 0 fully saturated rings. The molecule has 3 nitrogen and oxygen atoms in total. The van der Waals surface area contributed by atoms with Crippen molar-refractivity contribution in [3.05, 3.63) is 27.1 Å². The van der Waals surface area contributed by atoms with E-state index in [1.54, 1.807) is 0 Å². The minimum Gasteiger partial charge on any atom is -0.283 e. The molecule has 0 unspecified atom stereocenters. The molecule has 0 saturated heterocycles. The molecule has 0 aliphatic heterocycles. The standard InChI is InChI=1S/C8H6F4INO2S/c1-17(15,16)14-7-2-4(8(10,11)12)5(9)3-6(7)13/h2-3,14H,1H3. The topological polar surface area (TPSA) is 46.2 Å². The highest BCUT2D eigenvalue weighted by Gasteiger charge is 2.35. The number of halogens is 5. The Labute approximate surface area is 108 Å². The summed E-state index contributed by atoms with van der Waals surface area (Å²) in [6, 6.07) is 1.05. The first-order valence-corrected chi connectivity index (χ1v) is 7.02. The van der Waals surface area contributed by atoms with Crippen LogP contribution < -0.4 is 4.72 Å². The Morgan fingerprint density at radius 1 is 1.29 bits per heavy atom. The summed E-state index contributed by atoms with van der Waals surface area (Å²) in [5.74, 6) is -1.44. The zero-order chi connectivity index (χ0) is 13.4. The van der Waals surface area contributed by atoms with E-state index in [9.17, 15) is 26.0 Å². The lowest BCUT2D eigenvalue weighted by molar-refractivity contribution is -0.139. The van der Waals surface area contributed by atoms with Gasteiger partial charge in [-0.1, -0.05) is 0 Å². The van der Waals surface area contributed by atoms with Crippen molar-refractivity contribution in [2.45, 2.75) is 6.18 Å². The van der Waals surface area contributed by atoms with Crippen LogP contribution in [0.25, 0.3) is 0 Å². The molecule has 0 amide bonds. The number of anilines is 1. The number of hydrogen-bond donors (Lipinski definition) is 1. The Kier molecular flexibility index (Phi) is 3.91. The van der Waals surface area contributed by atoms with Gasteiger partial charge in [-0.15, -0.1) is 0 Å². The van der Waals surface area contributed by atoms with Gasteiger partial charge in [0, 0.05) is 3.57 Å². The summed E-state index contributed by atoms with van der Waals surface area (Å²) in [4.78, 5) is 0. The molecule has 0 radical (unpaired) electrons. The van der Waals surface area contributed by atoms with Crippen molar-refractivity contribution < 1.29 is 26.0 Å². The third kappa shape index (κ3) is 3.98. The van der Waals surface area contributed by atoms with Crippen LogP contribution in [0.15, 0.2) is 12.1 Å². The molecule has 1 rings (SSSR count). The van der Waals surface area contributed by atoms with Crippen LogP contribution in [0.3, 0.4) is 0 Å². The molecule has 0 atom stereocenters. The number of sulfonamides is 1. The number of nitrogens with one attached hydrogen (secondary N) is 1. The first-order valence-electron chi connectivity index (χ1n) is 4.05. The number of rotatable bonds is 2. The van der Waals surface area contributed by atoms with E-state index in [1.807, 2.05) is 4.72 Å². The summed E-state index contributed by atoms with van der Waals surface area (Å²) in [7, 11) is -3.72. The largest absolute Gasteiger partial charge is 0.419 e. The van der Waals surface area contributed by atoms with E-state index < -0.39 is 27.6 Å². The maximum atomic E-state index is 13.1. The molecule has 1 N–H and O–H groups in total. The van der Waals surface area contributed by atoms with Crippen molar-refractivity contribution in [1.82, 2.24) is 0 Å². The highest BCUT2D eigenvalue weighted by molar-refractivity contribution is 14.1. The van der Waals surface area contributed by atoms with Crippen LogP contribution in [-0.2, 0) is 16.2 Å². The Hall–Kier alpha value is -0.580. The summed E-state index contributed by atoms with van der Waals surface area (Å²) in [5.41, 5.74) is -1.81. The van der Waals surface area contributed by atoms with E-state index in [2.05, 4.69) is 0 Å². The van der Waals surface area contributed by atoms with Gasteiger partial charge in [0.15, 0.2) is 0 Å². The summed E-state index contributed by atoms with van der Waals surface area (Å²) < 4.78 is 73.9. The van der Waals surface area contributed by atoms with Crippen LogP contribution in [0, 0.1) is 9.39 Å². The molecule has 9 heteroatoms. The average Bonchev–Trinajstić information content (AvgIpc) is 2.05. The lowest BCUT2D eigenvalue weighted by Crippen LogP contribution is -2.14. The van der Waals surface area contributed by atoms with Crippen LogP contribution in [0.1, 0.15) is 5.56 Å². The average molecular weight is 383 g/mol. The molecule has 0 aliphatic rings. The Bertz CT molecular complexity index is 541. The van der Waals surface area contributed by atoms with Crippen molar-refractivity contribution in [3.8, 4) is 0 Å². The second-order valence-electron chi connectivity index (χ2n) is 3.18. The molecule has 0 aliphatic carbocycles. The van der Waals surface area contributed by atoms with Gasteiger partial charge in [0.2, 0.25) is 10.0 Å². The summed E-state index contributed by atoms with van der Waals surface area (Å²) in [6.07, 6.45) is -4.08. The third-order valence-corrected chi connectivity index (χ3v) is 3.14. The SMILES string of the molecule is CS(=O)(=O)Nc1cc(C(F)(F)F)c(F)cc1I. The summed E-state index contributed by atoms with van der Waals surface area (Å²) >= 11 is 1.54. The van der Waals surface area contributed by atoms with Crippen molar-refractivity contribution in [3.63, 3.8) is 0 Å². The first-order chi connectivity index (χ1) is 7.50. The lowest BCUT2D eigenvalue weighted by atomic mass is 10.2. The Morgan fingerprint density at radius 3 is 2.24 bits per heavy atom. The van der Waals surface area contributed by atoms with Crippen LogP contribution in [-0.4, -0.2) is 14.7 Å². The lowest BCUT2D eigenvalue weighted by Gasteiger charge is -2.12. The van der Waals surface area contributed by atoms with Gasteiger partial charge in [0.1, 0.15) is 5.82 Å². The van der Waals surface area contributed by atoms with Gasteiger partial charge >= 0.3 is 6.18 Å². The van der Waals surface area contributed by atoms with Crippen molar-refractivity contribution in [2.24, 2.45) is 0 Å². The summed E-state index contributed by atoms with van der Waals surface area (Å²) in [6.45, 7) is 0. The van der Waals surface area contributed by atoms with Gasteiger partial charge in [-0.2, -0.15) is 13.2 Å². The Morgan fingerprint density at radius 2 is 1.82 bits per heavy atom. The van der Waals surface area contributed by atoms with E-state index >= 15 is 0 Å². The van der Waals surface area contributed by atoms with Gasteiger partial charge in [-0.25, -0.2) is 12.8 Å². The molecular formula is C8H6F4INO2S. The van der Waals surface area contributed by atoms with Crippen molar-refractivity contribution >= 4 is 38.3 Å². The van der Waals surface area contributed by atoms with E-state index in [0.29, 0.717) is 12.1 Å². The van der Waals surface area contributed by atoms with Gasteiger partial charge in [-0.05, 0) is 34.7 Å². The molecule has 0 spiro atoms. The smallest absolute Gasteiger partial charge is 0.283 e. The minimum absolute atomic E-state index is 0.0403. The summed E-state index contributed by atoms with van der Waals surface area (Å²) in [5, 5.41) is 0. The van der Waals surface area contributed by atoms with Crippen molar-refractivity contribution in [1.29, 1.82) is 0 Å². The van der Waals surface area contributed by atoms with Crippen LogP contribution >= 0.6 is 22.6 Å². The van der Waals surface area contributed by atoms with Gasteiger partial charge in [-0.3, -0.25) is 4.72 Å². The third-order valence-electron chi connectivity index (χ3n) is 1.66. The highest BCUT2D eigenvalue weighted by atomic mass is 127. The van der Waals surface area contributed by atoms with E-state index in [-0.39, 0.29) is 9.26 Å². The molecule has 1 aromatic rings. The quantitative estimate of drug-likeness (QED) is 0.631. The zero-order valence-corrected chi connectivity index (χ0v) is 11.2. The van der Waals surface area contributed by atoms with E-state index in [4.69, 9.17) is 0 Å². The number of alkyl halides is 3. The molecular weight excluding hydrogens is 377 g/mol. The number of benzene rings is 1. The predicted octanol–water partition coefficient (Wildman–Crippen LogP) is 2.82. The number of hydrogen-bond acceptors (Lipinski definition) is 2. The van der Waals surface area contributed by atoms with Crippen LogP contribution in [0.4, 0.5) is 23.2 Å². The second-order valence-corrected chi connectivity index (χ2v) is 6.09. The molecule has 0 bridgehead atoms. The van der Waals surface area contributed by atoms with E-state index in [0.717, 1.165) is 6.26 Å². The van der Waals surface area contributed by atoms with Gasteiger partial charge < -0.3 is 0 Å². The van der Waals surface area contributed by atoms with Crippen LogP contribution in [0.2, 0.25) is 0 Å². The Balaban J connectivity index is 3.34. The minimum atomic E-state index is -4.87. The maximum absolute atomic E-state index is 13.1. The monoisotopic (exact) mass is 383 g/mol. The predicted molar refractivity (Wildman–Crippen MR) is 62.6 cm³/mol. The maximum Gasteiger partial charge on any atom is 0.419 e. The molecule has 96 valence electrons. The highest BCUT2D eigenvalue weighted by Crippen LogP contribution is 2.35.